The molecule has 1 aliphatic heterocycles. The summed E-state index contributed by atoms with van der Waals surface area (Å²) < 4.78 is 11.7. The van der Waals surface area contributed by atoms with E-state index in [1.807, 2.05) is 42.2 Å². The van der Waals surface area contributed by atoms with Gasteiger partial charge in [-0.15, -0.1) is 0 Å². The summed E-state index contributed by atoms with van der Waals surface area (Å²) in [7, 11) is 1.62. The minimum absolute atomic E-state index is 0.0195. The number of pyridine rings is 2. The van der Waals surface area contributed by atoms with Crippen molar-refractivity contribution < 1.29 is 14.3 Å². The van der Waals surface area contributed by atoms with Crippen LogP contribution in [0.25, 0.3) is 39.3 Å². The zero-order valence-electron chi connectivity index (χ0n) is 27.1. The Bertz CT molecular complexity index is 2020. The fourth-order valence-electron chi connectivity index (χ4n) is 6.95. The summed E-state index contributed by atoms with van der Waals surface area (Å²) in [4.78, 5) is 37.5. The van der Waals surface area contributed by atoms with Crippen molar-refractivity contribution in [2.75, 3.05) is 13.7 Å². The number of rotatable bonds is 8. The number of imidazole rings is 1. The standard InChI is InChI=1S/C34H41N9O3/c1-18-6-10-25(35)16-40(18)34(45)24-13-29-38-32(21(4)43(29)30(14-24)46-5)27-12-23-9-11-26(37-33(23)41(27)15-22-7-8-22)31-19(2)39-42(20(31)3)17-28(36)44/h9,11-14,18,22,25H,6-8,10,15-17,35H2,1-5H3,(H2,36,44)/t18-,25+/m0/s1. The Kier molecular flexibility index (Phi) is 7.34. The van der Waals surface area contributed by atoms with Gasteiger partial charge in [-0.1, -0.05) is 0 Å². The molecule has 12 heteroatoms. The summed E-state index contributed by atoms with van der Waals surface area (Å²) in [5.74, 6) is 0.630. The number of fused-ring (bicyclic) bond motifs is 2. The van der Waals surface area contributed by atoms with E-state index in [0.29, 0.717) is 29.6 Å². The highest BCUT2D eigenvalue weighted by molar-refractivity contribution is 5.96. The molecule has 2 atom stereocenters. The highest BCUT2D eigenvalue weighted by atomic mass is 16.5. The van der Waals surface area contributed by atoms with Gasteiger partial charge in [-0.25, -0.2) is 9.97 Å². The smallest absolute Gasteiger partial charge is 0.254 e. The van der Waals surface area contributed by atoms with Gasteiger partial charge in [-0.05, 0) is 83.6 Å². The second-order valence-electron chi connectivity index (χ2n) is 13.0. The quantitative estimate of drug-likeness (QED) is 0.265. The number of methoxy groups -OCH3 is 1. The van der Waals surface area contributed by atoms with Crippen LogP contribution in [0.5, 0.6) is 5.88 Å². The van der Waals surface area contributed by atoms with Gasteiger partial charge >= 0.3 is 0 Å². The lowest BCUT2D eigenvalue weighted by molar-refractivity contribution is -0.118. The van der Waals surface area contributed by atoms with Crippen molar-refractivity contribution >= 4 is 28.5 Å². The molecule has 6 heterocycles. The van der Waals surface area contributed by atoms with Crippen LogP contribution in [0, 0.1) is 26.7 Å². The molecule has 0 bridgehead atoms. The van der Waals surface area contributed by atoms with Crippen molar-refractivity contribution in [2.24, 2.45) is 17.4 Å². The van der Waals surface area contributed by atoms with Gasteiger partial charge in [0.05, 0.1) is 29.9 Å². The van der Waals surface area contributed by atoms with Crippen LogP contribution in [0.15, 0.2) is 30.3 Å². The predicted octanol–water partition coefficient (Wildman–Crippen LogP) is 4.00. The minimum atomic E-state index is -0.440. The highest BCUT2D eigenvalue weighted by Gasteiger charge is 2.30. The number of carbonyl (C=O) groups excluding carboxylic acids is 2. The van der Waals surface area contributed by atoms with E-state index < -0.39 is 5.91 Å². The highest BCUT2D eigenvalue weighted by Crippen LogP contribution is 2.38. The molecule has 1 saturated heterocycles. The minimum Gasteiger partial charge on any atom is -0.482 e. The van der Waals surface area contributed by atoms with Gasteiger partial charge in [0.1, 0.15) is 23.5 Å². The van der Waals surface area contributed by atoms with Crippen LogP contribution in [-0.4, -0.2) is 71.2 Å². The van der Waals surface area contributed by atoms with Crippen LogP contribution in [0.1, 0.15) is 60.0 Å². The number of carbonyl (C=O) groups is 2. The Morgan fingerprint density at radius 1 is 1.02 bits per heavy atom. The summed E-state index contributed by atoms with van der Waals surface area (Å²) in [6.07, 6.45) is 4.16. The van der Waals surface area contributed by atoms with Gasteiger partial charge < -0.3 is 25.7 Å². The number of primary amides is 1. The van der Waals surface area contributed by atoms with Crippen LogP contribution >= 0.6 is 0 Å². The van der Waals surface area contributed by atoms with E-state index in [0.717, 1.165) is 70.1 Å². The molecule has 7 rings (SSSR count). The first-order chi connectivity index (χ1) is 22.0. The zero-order chi connectivity index (χ0) is 32.4. The SMILES string of the molecule is COc1cc(C(=O)N2C[C@H](N)CC[C@@H]2C)cc2nc(-c3cc4ccc(-c5c(C)nn(CC(N)=O)c5C)nc4n3CC3CC3)c(C)n12. The number of ether oxygens (including phenoxy) is 1. The molecule has 2 amide bonds. The maximum atomic E-state index is 13.7. The molecule has 1 saturated carbocycles. The third kappa shape index (κ3) is 5.10. The predicted molar refractivity (Wildman–Crippen MR) is 176 cm³/mol. The monoisotopic (exact) mass is 623 g/mol. The fraction of sp³-hybridized carbons (Fsp3) is 0.441. The number of nitrogens with two attached hydrogens (primary N) is 2. The van der Waals surface area contributed by atoms with Crippen LogP contribution in [-0.2, 0) is 17.9 Å². The van der Waals surface area contributed by atoms with Crippen molar-refractivity contribution in [3.05, 3.63) is 53.0 Å². The molecule has 4 N–H and O–H groups in total. The van der Waals surface area contributed by atoms with E-state index in [2.05, 4.69) is 28.7 Å². The second-order valence-corrected chi connectivity index (χ2v) is 13.0. The van der Waals surface area contributed by atoms with E-state index in [4.69, 9.17) is 26.2 Å². The number of aromatic nitrogens is 6. The number of aryl methyl sites for hydroxylation is 2. The molecule has 0 spiro atoms. The first-order valence-electron chi connectivity index (χ1n) is 16.0. The van der Waals surface area contributed by atoms with Crippen LogP contribution < -0.4 is 16.2 Å². The first-order valence-corrected chi connectivity index (χ1v) is 16.0. The number of amides is 2. The number of nitrogens with zero attached hydrogens (tertiary/aromatic N) is 7. The average molecular weight is 624 g/mol. The molecule has 0 radical (unpaired) electrons. The van der Waals surface area contributed by atoms with Crippen molar-refractivity contribution in [2.45, 2.75) is 78.6 Å². The lowest BCUT2D eigenvalue weighted by Crippen LogP contribution is -2.50. The molecule has 0 aromatic carbocycles. The number of hydrogen-bond donors (Lipinski definition) is 2. The van der Waals surface area contributed by atoms with Gasteiger partial charge in [-0.3, -0.25) is 18.7 Å². The van der Waals surface area contributed by atoms with Crippen molar-refractivity contribution in [1.29, 1.82) is 0 Å². The van der Waals surface area contributed by atoms with Crippen molar-refractivity contribution in [1.82, 2.24) is 33.6 Å². The Morgan fingerprint density at radius 3 is 2.52 bits per heavy atom. The van der Waals surface area contributed by atoms with E-state index in [1.165, 1.54) is 12.8 Å². The largest absolute Gasteiger partial charge is 0.482 e. The summed E-state index contributed by atoms with van der Waals surface area (Å²) in [6, 6.07) is 9.99. The average Bonchev–Trinajstić information content (AvgIpc) is 3.61. The number of piperidine rings is 1. The molecule has 46 heavy (non-hydrogen) atoms. The van der Waals surface area contributed by atoms with E-state index >= 15 is 0 Å². The Morgan fingerprint density at radius 2 is 1.80 bits per heavy atom. The second kappa shape index (κ2) is 11.3. The molecule has 12 nitrogen and oxygen atoms in total. The van der Waals surface area contributed by atoms with E-state index in [9.17, 15) is 9.59 Å². The lowest BCUT2D eigenvalue weighted by Gasteiger charge is -2.36. The molecule has 2 fully saturated rings. The fourth-order valence-corrected chi connectivity index (χ4v) is 6.95. The summed E-state index contributed by atoms with van der Waals surface area (Å²) in [5.41, 5.74) is 19.8. The Hall–Kier alpha value is -4.71. The van der Waals surface area contributed by atoms with E-state index in [1.54, 1.807) is 17.9 Å². The first kappa shape index (κ1) is 30.0. The summed E-state index contributed by atoms with van der Waals surface area (Å²) in [5, 5.41) is 5.57. The molecule has 240 valence electrons. The van der Waals surface area contributed by atoms with Gasteiger partial charge in [0.2, 0.25) is 5.91 Å². The third-order valence-electron chi connectivity index (χ3n) is 9.62. The number of likely N-dealkylation sites (tertiary alicyclic amines) is 1. The molecule has 5 aromatic heterocycles. The zero-order valence-corrected chi connectivity index (χ0v) is 27.1. The van der Waals surface area contributed by atoms with Crippen molar-refractivity contribution in [3.8, 4) is 28.5 Å². The summed E-state index contributed by atoms with van der Waals surface area (Å²) in [6.45, 7) is 9.35. The third-order valence-corrected chi connectivity index (χ3v) is 9.62. The van der Waals surface area contributed by atoms with Gasteiger partial charge in [0, 0.05) is 53.4 Å². The van der Waals surface area contributed by atoms with E-state index in [-0.39, 0.29) is 24.5 Å². The Balaban J connectivity index is 1.34. The summed E-state index contributed by atoms with van der Waals surface area (Å²) >= 11 is 0. The molecular formula is C34H41N9O3. The molecular weight excluding hydrogens is 582 g/mol. The molecule has 0 unspecified atom stereocenters. The topological polar surface area (TPSA) is 152 Å². The van der Waals surface area contributed by atoms with Crippen molar-refractivity contribution in [3.63, 3.8) is 0 Å². The Labute approximate surface area is 267 Å². The maximum absolute atomic E-state index is 13.7. The molecule has 1 aliphatic carbocycles. The number of hydrogen-bond acceptors (Lipinski definition) is 7. The van der Waals surface area contributed by atoms with Crippen LogP contribution in [0.3, 0.4) is 0 Å². The normalized spacial score (nSPS) is 18.5. The van der Waals surface area contributed by atoms with Gasteiger partial charge in [0.15, 0.2) is 5.88 Å². The molecule has 2 aliphatic rings. The van der Waals surface area contributed by atoms with Crippen LogP contribution in [0.2, 0.25) is 0 Å². The van der Waals surface area contributed by atoms with Gasteiger partial charge in [-0.2, -0.15) is 5.10 Å². The van der Waals surface area contributed by atoms with Gasteiger partial charge in [0.25, 0.3) is 5.91 Å². The maximum Gasteiger partial charge on any atom is 0.254 e. The lowest BCUT2D eigenvalue weighted by atomic mass is 9.99. The molecule has 5 aromatic rings. The van der Waals surface area contributed by atoms with Crippen LogP contribution in [0.4, 0.5) is 0 Å².